The van der Waals surface area contributed by atoms with Crippen LogP contribution in [0, 0.1) is 11.7 Å². The molecule has 4 amide bonds. The third-order valence-electron chi connectivity index (χ3n) is 10.3. The van der Waals surface area contributed by atoms with Gasteiger partial charge in [0.2, 0.25) is 21.9 Å². The Morgan fingerprint density at radius 1 is 1.09 bits per heavy atom. The smallest absolute Gasteiger partial charge is 0.410 e. The number of carbonyl (C=O) groups is 4. The molecule has 2 saturated carbocycles. The minimum atomic E-state index is -3.99. The predicted molar refractivity (Wildman–Crippen MR) is 185 cm³/mol. The van der Waals surface area contributed by atoms with Crippen LogP contribution in [0.3, 0.4) is 0 Å². The number of benzene rings is 1. The Morgan fingerprint density at radius 2 is 1.83 bits per heavy atom. The normalized spacial score (nSPS) is 29.3. The summed E-state index contributed by atoms with van der Waals surface area (Å²) >= 11 is 0. The molecule has 0 bridgehead atoms. The number of carbonyl (C=O) groups excluding carboxylic acids is 4. The number of nitrogens with zero attached hydrogens (tertiary/aromatic N) is 2. The van der Waals surface area contributed by atoms with Crippen molar-refractivity contribution in [3.63, 3.8) is 0 Å². The lowest BCUT2D eigenvalue weighted by molar-refractivity contribution is -0.131. The Labute approximate surface area is 306 Å². The second-order valence-electron chi connectivity index (χ2n) is 15.6. The fraction of sp³-hybridized carbons (Fsp3) is 0.611. The van der Waals surface area contributed by atoms with Gasteiger partial charge < -0.3 is 25.0 Å². The van der Waals surface area contributed by atoms with E-state index in [9.17, 15) is 32.0 Å². The first-order valence-electron chi connectivity index (χ1n) is 17.9. The van der Waals surface area contributed by atoms with E-state index in [2.05, 4.69) is 21.9 Å². The lowest BCUT2D eigenvalue weighted by Crippen LogP contribution is -2.56. The summed E-state index contributed by atoms with van der Waals surface area (Å²) in [6, 6.07) is 2.22. The highest BCUT2D eigenvalue weighted by atomic mass is 32.2. The number of ether oxygens (including phenoxy) is 2. The number of sulfonamides is 1. The van der Waals surface area contributed by atoms with Gasteiger partial charge in [0, 0.05) is 43.0 Å². The summed E-state index contributed by atoms with van der Waals surface area (Å²) in [5, 5.41) is 4.66. The molecule has 3 aliphatic heterocycles. The number of amides is 4. The van der Waals surface area contributed by atoms with Crippen molar-refractivity contribution in [3.8, 4) is 0 Å². The number of rotatable bonds is 5. The standard InChI is InChI=1S/C36H46F3N5O8S/c1-21-28(40-32(47)52-34(2,3)4)13-15-35(38,39)14-6-5-9-23-17-36(23,31(46)42-53(49,50)25-11-12-25)41-30(45)29-16-24(19-44(21)29)51-33(48)43-18-22-8-7-10-27(37)26(22)20-43/h5,7-10,23-25,28-29H,1,6,11-20H2,2-4H3,(H,40,47)(H,41,45)(H,42,46)/b9-5-/t23-,24-,28+,29+,36-/m1/s1. The second-order valence-corrected chi connectivity index (χ2v) is 17.6. The van der Waals surface area contributed by atoms with Crippen molar-refractivity contribution in [2.45, 2.75) is 126 Å². The van der Waals surface area contributed by atoms with E-state index >= 15 is 8.78 Å². The number of hydrogen-bond donors (Lipinski definition) is 3. The van der Waals surface area contributed by atoms with Crippen molar-refractivity contribution in [2.24, 2.45) is 5.92 Å². The van der Waals surface area contributed by atoms with Crippen LogP contribution in [-0.4, -0.2) is 89.3 Å². The molecule has 1 aromatic rings. The monoisotopic (exact) mass is 765 g/mol. The first-order chi connectivity index (χ1) is 24.8. The molecule has 6 rings (SSSR count). The molecule has 3 heterocycles. The van der Waals surface area contributed by atoms with Crippen LogP contribution in [0.1, 0.15) is 83.3 Å². The van der Waals surface area contributed by atoms with Crippen LogP contribution in [0.15, 0.2) is 42.6 Å². The fourth-order valence-corrected chi connectivity index (χ4v) is 8.51. The Kier molecular flexibility index (Phi) is 10.3. The topological polar surface area (TPSA) is 163 Å². The molecule has 1 aromatic carbocycles. The molecule has 17 heteroatoms. The number of halogens is 3. The van der Waals surface area contributed by atoms with E-state index in [0.29, 0.717) is 24.0 Å². The van der Waals surface area contributed by atoms with Gasteiger partial charge in [0.05, 0.1) is 24.4 Å². The summed E-state index contributed by atoms with van der Waals surface area (Å²) < 4.78 is 83.8. The molecule has 5 atom stereocenters. The Balaban J connectivity index is 1.28. The molecule has 3 fully saturated rings. The van der Waals surface area contributed by atoms with Gasteiger partial charge in [-0.1, -0.05) is 30.9 Å². The van der Waals surface area contributed by atoms with Gasteiger partial charge in [-0.05, 0) is 64.5 Å². The largest absolute Gasteiger partial charge is 0.444 e. The van der Waals surface area contributed by atoms with Crippen LogP contribution in [0.25, 0.3) is 0 Å². The average molecular weight is 766 g/mol. The average Bonchev–Trinajstić information content (AvgIpc) is 3.94. The quantitative estimate of drug-likeness (QED) is 0.370. The Morgan fingerprint density at radius 3 is 2.51 bits per heavy atom. The van der Waals surface area contributed by atoms with Crippen molar-refractivity contribution < 1.29 is 50.2 Å². The summed E-state index contributed by atoms with van der Waals surface area (Å²) in [5.41, 5.74) is -1.54. The molecular formula is C36H46F3N5O8S. The SMILES string of the molecule is C=C1[C@@H](NC(=O)OC(C)(C)C)CCC(F)(F)CC/C=C\[C@@H]2C[C@@]2(C(=O)NS(=O)(=O)C2CC2)NC(=O)[C@@H]2C[C@@H](OC(=O)N3Cc4cccc(F)c4C3)CN12. The van der Waals surface area contributed by atoms with Gasteiger partial charge in [-0.25, -0.2) is 31.2 Å². The minimum absolute atomic E-state index is 0.0264. The predicted octanol–water partition coefficient (Wildman–Crippen LogP) is 4.38. The van der Waals surface area contributed by atoms with Crippen LogP contribution in [0.2, 0.25) is 0 Å². The van der Waals surface area contributed by atoms with Crippen molar-refractivity contribution in [1.82, 2.24) is 25.2 Å². The number of alkyl halides is 2. The van der Waals surface area contributed by atoms with E-state index < -0.39 is 99.1 Å². The molecule has 290 valence electrons. The molecule has 2 aliphatic carbocycles. The molecule has 0 aromatic heterocycles. The number of fused-ring (bicyclic) bond motifs is 3. The molecule has 0 spiro atoms. The first kappa shape index (κ1) is 38.4. The van der Waals surface area contributed by atoms with Gasteiger partial charge in [-0.15, -0.1) is 0 Å². The van der Waals surface area contributed by atoms with Crippen LogP contribution in [0.4, 0.5) is 22.8 Å². The summed E-state index contributed by atoms with van der Waals surface area (Å²) in [5.74, 6) is -5.95. The summed E-state index contributed by atoms with van der Waals surface area (Å²) in [4.78, 5) is 57.0. The van der Waals surface area contributed by atoms with E-state index in [1.54, 1.807) is 39.0 Å². The molecule has 3 N–H and O–H groups in total. The van der Waals surface area contributed by atoms with Crippen molar-refractivity contribution in [2.75, 3.05) is 6.54 Å². The summed E-state index contributed by atoms with van der Waals surface area (Å²) in [6.45, 7) is 8.96. The number of allylic oxidation sites excluding steroid dienone is 1. The summed E-state index contributed by atoms with van der Waals surface area (Å²) in [6.07, 6.45) is -0.427. The minimum Gasteiger partial charge on any atom is -0.444 e. The van der Waals surface area contributed by atoms with Crippen molar-refractivity contribution in [3.05, 3.63) is 59.6 Å². The van der Waals surface area contributed by atoms with E-state index in [1.807, 2.05) is 0 Å². The maximum absolute atomic E-state index is 15.2. The molecule has 5 aliphatic rings. The molecule has 13 nitrogen and oxygen atoms in total. The lowest BCUT2D eigenvalue weighted by atomic mass is 10.0. The van der Waals surface area contributed by atoms with Gasteiger partial charge in [0.1, 0.15) is 29.1 Å². The lowest BCUT2D eigenvalue weighted by Gasteiger charge is -2.34. The third-order valence-corrected chi connectivity index (χ3v) is 12.1. The van der Waals surface area contributed by atoms with E-state index in [4.69, 9.17) is 9.47 Å². The van der Waals surface area contributed by atoms with Crippen LogP contribution in [0.5, 0.6) is 0 Å². The zero-order valence-corrected chi connectivity index (χ0v) is 30.8. The molecule has 53 heavy (non-hydrogen) atoms. The first-order valence-corrected chi connectivity index (χ1v) is 19.4. The third kappa shape index (κ3) is 8.76. The zero-order chi connectivity index (χ0) is 38.5. The highest BCUT2D eigenvalue weighted by molar-refractivity contribution is 7.91. The van der Waals surface area contributed by atoms with Crippen LogP contribution in [-0.2, 0) is 42.2 Å². The van der Waals surface area contributed by atoms with Gasteiger partial charge in [0.25, 0.3) is 5.91 Å². The molecular weight excluding hydrogens is 719 g/mol. The highest BCUT2D eigenvalue weighted by Gasteiger charge is 2.62. The van der Waals surface area contributed by atoms with Crippen LogP contribution < -0.4 is 15.4 Å². The maximum atomic E-state index is 15.2. The van der Waals surface area contributed by atoms with Gasteiger partial charge in [-0.2, -0.15) is 0 Å². The van der Waals surface area contributed by atoms with E-state index in [1.165, 1.54) is 21.9 Å². The molecule has 0 unspecified atom stereocenters. The van der Waals surface area contributed by atoms with Gasteiger partial charge in [-0.3, -0.25) is 19.2 Å². The Hall–Kier alpha value is -4.28. The molecule has 1 saturated heterocycles. The van der Waals surface area contributed by atoms with Crippen LogP contribution >= 0.6 is 0 Å². The Bertz CT molecular complexity index is 1810. The zero-order valence-electron chi connectivity index (χ0n) is 30.0. The van der Waals surface area contributed by atoms with Gasteiger partial charge >= 0.3 is 12.2 Å². The summed E-state index contributed by atoms with van der Waals surface area (Å²) in [7, 11) is -3.99. The highest BCUT2D eigenvalue weighted by Crippen LogP contribution is 2.46. The van der Waals surface area contributed by atoms with Gasteiger partial charge in [0.15, 0.2) is 0 Å². The fourth-order valence-electron chi connectivity index (χ4n) is 7.15. The molecule has 0 radical (unpaired) electrons. The van der Waals surface area contributed by atoms with E-state index in [0.717, 1.165) is 0 Å². The maximum Gasteiger partial charge on any atom is 0.410 e. The number of nitrogens with one attached hydrogen (secondary N) is 3. The van der Waals surface area contributed by atoms with E-state index in [-0.39, 0.29) is 51.0 Å². The second kappa shape index (κ2) is 14.2. The van der Waals surface area contributed by atoms with Crippen molar-refractivity contribution >= 4 is 34.0 Å². The van der Waals surface area contributed by atoms with Crippen molar-refractivity contribution in [1.29, 1.82) is 0 Å². The number of hydrogen-bond acceptors (Lipinski definition) is 9. The number of alkyl carbamates (subject to hydrolysis) is 1.